The fraction of sp³-hybridized carbons (Fsp3) is 0.0909. The highest BCUT2D eigenvalue weighted by molar-refractivity contribution is 7.89. The van der Waals surface area contributed by atoms with Gasteiger partial charge in [-0.3, -0.25) is 4.40 Å². The van der Waals surface area contributed by atoms with E-state index in [1.54, 1.807) is 35.3 Å². The number of imidazole rings is 1. The van der Waals surface area contributed by atoms with Crippen molar-refractivity contribution >= 4 is 38.6 Å². The molecule has 3 heterocycles. The van der Waals surface area contributed by atoms with Gasteiger partial charge in [0.15, 0.2) is 10.2 Å². The highest BCUT2D eigenvalue weighted by Crippen LogP contribution is 2.22. The van der Waals surface area contributed by atoms with Gasteiger partial charge < -0.3 is 0 Å². The Morgan fingerprint density at radius 1 is 1.40 bits per heavy atom. The monoisotopic (exact) mass is 328 g/mol. The van der Waals surface area contributed by atoms with Gasteiger partial charge in [0.05, 0.1) is 17.7 Å². The molecule has 0 aliphatic rings. The van der Waals surface area contributed by atoms with Gasteiger partial charge in [0.2, 0.25) is 0 Å². The standard InChI is InChI=1S/C11H9ClN4O2S2/c12-10-11(16-4-2-1-3-9(16)15-10)20(17,18)14-5-8-6-19-7-13-8/h1-4,6-7,14H,5H2. The van der Waals surface area contributed by atoms with Crippen molar-refractivity contribution in [3.63, 3.8) is 0 Å². The number of sulfonamides is 1. The number of nitrogens with zero attached hydrogens (tertiary/aromatic N) is 3. The summed E-state index contributed by atoms with van der Waals surface area (Å²) in [7, 11) is -3.77. The van der Waals surface area contributed by atoms with Gasteiger partial charge in [-0.1, -0.05) is 17.7 Å². The lowest BCUT2D eigenvalue weighted by Crippen LogP contribution is -2.25. The first-order valence-electron chi connectivity index (χ1n) is 5.57. The van der Waals surface area contributed by atoms with Crippen LogP contribution in [0.25, 0.3) is 5.65 Å². The van der Waals surface area contributed by atoms with E-state index < -0.39 is 10.0 Å². The third-order valence-corrected chi connectivity index (χ3v) is 5.06. The van der Waals surface area contributed by atoms with Crippen molar-refractivity contribution in [3.05, 3.63) is 46.1 Å². The van der Waals surface area contributed by atoms with Crippen LogP contribution in [0.2, 0.25) is 5.15 Å². The minimum atomic E-state index is -3.77. The summed E-state index contributed by atoms with van der Waals surface area (Å²) < 4.78 is 28.6. The van der Waals surface area contributed by atoms with Crippen molar-refractivity contribution in [3.8, 4) is 0 Å². The molecule has 0 bridgehead atoms. The number of thiazole rings is 1. The molecule has 0 saturated heterocycles. The Morgan fingerprint density at radius 3 is 3.00 bits per heavy atom. The second-order valence-corrected chi connectivity index (χ2v) is 6.70. The molecule has 6 nitrogen and oxygen atoms in total. The maximum Gasteiger partial charge on any atom is 0.260 e. The van der Waals surface area contributed by atoms with E-state index >= 15 is 0 Å². The van der Waals surface area contributed by atoms with Gasteiger partial charge in [-0.15, -0.1) is 11.3 Å². The highest BCUT2D eigenvalue weighted by Gasteiger charge is 2.24. The smallest absolute Gasteiger partial charge is 0.260 e. The third kappa shape index (κ3) is 2.42. The molecule has 0 spiro atoms. The Morgan fingerprint density at radius 2 is 2.25 bits per heavy atom. The number of hydrogen-bond donors (Lipinski definition) is 1. The molecule has 20 heavy (non-hydrogen) atoms. The number of halogens is 1. The van der Waals surface area contributed by atoms with Crippen molar-refractivity contribution in [2.75, 3.05) is 0 Å². The molecule has 0 radical (unpaired) electrons. The van der Waals surface area contributed by atoms with Gasteiger partial charge in [-0.05, 0) is 12.1 Å². The molecule has 1 N–H and O–H groups in total. The average molecular weight is 329 g/mol. The van der Waals surface area contributed by atoms with E-state index in [2.05, 4.69) is 14.7 Å². The molecule has 104 valence electrons. The van der Waals surface area contributed by atoms with Crippen LogP contribution in [-0.4, -0.2) is 22.8 Å². The van der Waals surface area contributed by atoms with Crippen molar-refractivity contribution in [1.29, 1.82) is 0 Å². The van der Waals surface area contributed by atoms with Crippen molar-refractivity contribution in [2.24, 2.45) is 0 Å². The first kappa shape index (κ1) is 13.5. The molecule has 3 aromatic rings. The van der Waals surface area contributed by atoms with Crippen LogP contribution in [0.15, 0.2) is 40.3 Å². The van der Waals surface area contributed by atoms with Gasteiger partial charge in [-0.2, -0.15) is 0 Å². The zero-order valence-electron chi connectivity index (χ0n) is 10.0. The zero-order chi connectivity index (χ0) is 14.2. The number of pyridine rings is 1. The van der Waals surface area contributed by atoms with Gasteiger partial charge in [0.25, 0.3) is 10.0 Å². The molecule has 0 saturated carbocycles. The lowest BCUT2D eigenvalue weighted by Gasteiger charge is -2.05. The van der Waals surface area contributed by atoms with E-state index in [0.29, 0.717) is 11.3 Å². The fourth-order valence-electron chi connectivity index (χ4n) is 1.75. The summed E-state index contributed by atoms with van der Waals surface area (Å²) in [4.78, 5) is 8.04. The molecule has 0 atom stereocenters. The second kappa shape index (κ2) is 5.13. The molecule has 0 fully saturated rings. The highest BCUT2D eigenvalue weighted by atomic mass is 35.5. The van der Waals surface area contributed by atoms with Crippen molar-refractivity contribution in [1.82, 2.24) is 19.1 Å². The molecular formula is C11H9ClN4O2S2. The van der Waals surface area contributed by atoms with E-state index in [-0.39, 0.29) is 16.7 Å². The molecule has 0 unspecified atom stereocenters. The summed E-state index contributed by atoms with van der Waals surface area (Å²) in [6.07, 6.45) is 1.60. The maximum absolute atomic E-state index is 12.3. The van der Waals surface area contributed by atoms with E-state index in [9.17, 15) is 8.42 Å². The van der Waals surface area contributed by atoms with Crippen LogP contribution in [0, 0.1) is 0 Å². The van der Waals surface area contributed by atoms with E-state index in [4.69, 9.17) is 11.6 Å². The molecule has 0 aliphatic carbocycles. The summed E-state index contributed by atoms with van der Waals surface area (Å²) >= 11 is 7.35. The number of rotatable bonds is 4. The van der Waals surface area contributed by atoms with Gasteiger partial charge in [-0.25, -0.2) is 23.1 Å². The summed E-state index contributed by atoms with van der Waals surface area (Å²) in [6.45, 7) is 0.113. The minimum Gasteiger partial charge on any atom is -0.288 e. The lowest BCUT2D eigenvalue weighted by molar-refractivity contribution is 0.575. The molecule has 0 amide bonds. The summed E-state index contributed by atoms with van der Waals surface area (Å²) in [5.74, 6) is 0. The van der Waals surface area contributed by atoms with Crippen LogP contribution in [0.1, 0.15) is 5.69 Å². The summed E-state index contributed by atoms with van der Waals surface area (Å²) in [6, 6.07) is 5.16. The van der Waals surface area contributed by atoms with Crippen LogP contribution in [-0.2, 0) is 16.6 Å². The maximum atomic E-state index is 12.3. The Balaban J connectivity index is 1.98. The van der Waals surface area contributed by atoms with Crippen LogP contribution >= 0.6 is 22.9 Å². The Bertz CT molecular complexity index is 843. The summed E-state index contributed by atoms with van der Waals surface area (Å²) in [5, 5.41) is 1.66. The molecule has 3 rings (SSSR count). The minimum absolute atomic E-state index is 0.0537. The van der Waals surface area contributed by atoms with Crippen LogP contribution in [0.3, 0.4) is 0 Å². The van der Waals surface area contributed by atoms with Crippen LogP contribution in [0.5, 0.6) is 0 Å². The van der Waals surface area contributed by atoms with Crippen molar-refractivity contribution < 1.29 is 8.42 Å². The predicted molar refractivity (Wildman–Crippen MR) is 76.3 cm³/mol. The molecule has 9 heteroatoms. The Hall–Kier alpha value is -1.48. The molecule has 3 aromatic heterocycles. The Kier molecular flexibility index (Phi) is 3.47. The number of aromatic nitrogens is 3. The average Bonchev–Trinajstić information content (AvgIpc) is 3.02. The number of hydrogen-bond acceptors (Lipinski definition) is 5. The second-order valence-electron chi connectivity index (χ2n) is 3.94. The van der Waals surface area contributed by atoms with Crippen LogP contribution in [0.4, 0.5) is 0 Å². The van der Waals surface area contributed by atoms with E-state index in [0.717, 1.165) is 0 Å². The van der Waals surface area contributed by atoms with Gasteiger partial charge >= 0.3 is 0 Å². The van der Waals surface area contributed by atoms with Crippen molar-refractivity contribution in [2.45, 2.75) is 11.6 Å². The van der Waals surface area contributed by atoms with Gasteiger partial charge in [0.1, 0.15) is 5.65 Å². The van der Waals surface area contributed by atoms with Crippen LogP contribution < -0.4 is 4.72 Å². The fourth-order valence-corrected chi connectivity index (χ4v) is 3.94. The number of fused-ring (bicyclic) bond motifs is 1. The SMILES string of the molecule is O=S(=O)(NCc1cscn1)c1c(Cl)nc2ccccn12. The topological polar surface area (TPSA) is 76.4 Å². The first-order valence-corrected chi connectivity index (χ1v) is 8.37. The lowest BCUT2D eigenvalue weighted by atomic mass is 10.5. The van der Waals surface area contributed by atoms with E-state index in [1.807, 2.05) is 0 Å². The largest absolute Gasteiger partial charge is 0.288 e. The summed E-state index contributed by atoms with van der Waals surface area (Å²) in [5.41, 5.74) is 2.78. The normalized spacial score (nSPS) is 12.1. The first-order chi connectivity index (χ1) is 9.58. The Labute approximate surface area is 124 Å². The predicted octanol–water partition coefficient (Wildman–Crippen LogP) is 1.92. The van der Waals surface area contributed by atoms with E-state index in [1.165, 1.54) is 15.7 Å². The zero-order valence-corrected chi connectivity index (χ0v) is 12.4. The quantitative estimate of drug-likeness (QED) is 0.794. The van der Waals surface area contributed by atoms with Gasteiger partial charge in [0, 0.05) is 11.6 Å². The molecule has 0 aromatic carbocycles. The number of nitrogens with one attached hydrogen (secondary N) is 1. The molecule has 0 aliphatic heterocycles. The molecular weight excluding hydrogens is 320 g/mol. The third-order valence-electron chi connectivity index (χ3n) is 2.63.